The fraction of sp³-hybridized carbons (Fsp3) is 0.333. The average Bonchev–Trinajstić information content (AvgIpc) is 2.40. The van der Waals surface area contributed by atoms with Crippen molar-refractivity contribution in [3.8, 4) is 5.75 Å². The summed E-state index contributed by atoms with van der Waals surface area (Å²) in [5, 5.41) is 3.51. The van der Waals surface area contributed by atoms with Gasteiger partial charge in [-0.25, -0.2) is 0 Å². The van der Waals surface area contributed by atoms with Crippen LogP contribution in [0.3, 0.4) is 0 Å². The number of hydrogen-bond donors (Lipinski definition) is 1. The number of nitrogens with one attached hydrogen (secondary N) is 1. The summed E-state index contributed by atoms with van der Waals surface area (Å²) in [5.41, 5.74) is 8.94. The van der Waals surface area contributed by atoms with Crippen molar-refractivity contribution < 1.29 is 4.74 Å². The Morgan fingerprint density at radius 3 is 2.15 bits per heavy atom. The molecule has 0 atom stereocenters. The van der Waals surface area contributed by atoms with E-state index in [0.29, 0.717) is 6.61 Å². The Hall–Kier alpha value is -1.96. The number of fused-ring (bicyclic) bond motifs is 2. The molecule has 3 rings (SSSR count). The van der Waals surface area contributed by atoms with Crippen LogP contribution < -0.4 is 10.1 Å². The first-order chi connectivity index (χ1) is 9.54. The van der Waals surface area contributed by atoms with E-state index in [0.717, 1.165) is 18.0 Å². The SMILES string of the molecule is Cc1cc2c(cc1C)COc1cc(C)c(C)cc1NC2. The Labute approximate surface area is 120 Å². The van der Waals surface area contributed by atoms with E-state index in [2.05, 4.69) is 57.3 Å². The van der Waals surface area contributed by atoms with Gasteiger partial charge in [-0.15, -0.1) is 0 Å². The summed E-state index contributed by atoms with van der Waals surface area (Å²) in [5.74, 6) is 0.956. The summed E-state index contributed by atoms with van der Waals surface area (Å²) in [7, 11) is 0. The Bertz CT molecular complexity index is 556. The molecule has 0 amide bonds. The van der Waals surface area contributed by atoms with Crippen molar-refractivity contribution in [1.82, 2.24) is 0 Å². The van der Waals surface area contributed by atoms with E-state index in [1.807, 2.05) is 0 Å². The van der Waals surface area contributed by atoms with Crippen LogP contribution in [0.5, 0.6) is 5.75 Å². The van der Waals surface area contributed by atoms with Gasteiger partial charge < -0.3 is 10.1 Å². The highest BCUT2D eigenvalue weighted by molar-refractivity contribution is 5.61. The van der Waals surface area contributed by atoms with Crippen LogP contribution in [0.25, 0.3) is 0 Å². The topological polar surface area (TPSA) is 21.3 Å². The number of rotatable bonds is 0. The summed E-state index contributed by atoms with van der Waals surface area (Å²) in [6.07, 6.45) is 0. The number of anilines is 1. The number of hydrogen-bond acceptors (Lipinski definition) is 2. The van der Waals surface area contributed by atoms with Crippen molar-refractivity contribution in [2.24, 2.45) is 0 Å². The summed E-state index contributed by atoms with van der Waals surface area (Å²) in [6, 6.07) is 8.83. The minimum atomic E-state index is 0.646. The van der Waals surface area contributed by atoms with Crippen molar-refractivity contribution in [1.29, 1.82) is 0 Å². The van der Waals surface area contributed by atoms with Gasteiger partial charge in [-0.2, -0.15) is 0 Å². The van der Waals surface area contributed by atoms with Crippen LogP contribution in [-0.4, -0.2) is 0 Å². The summed E-state index contributed by atoms with van der Waals surface area (Å²) in [6.45, 7) is 10.1. The summed E-state index contributed by atoms with van der Waals surface area (Å²) >= 11 is 0. The molecule has 1 aliphatic rings. The highest BCUT2D eigenvalue weighted by atomic mass is 16.5. The third-order valence-electron chi connectivity index (χ3n) is 4.26. The van der Waals surface area contributed by atoms with E-state index >= 15 is 0 Å². The van der Waals surface area contributed by atoms with E-state index in [9.17, 15) is 0 Å². The molecule has 0 saturated heterocycles. The zero-order valence-electron chi connectivity index (χ0n) is 12.6. The van der Waals surface area contributed by atoms with E-state index in [1.54, 1.807) is 0 Å². The van der Waals surface area contributed by atoms with Crippen LogP contribution in [0.1, 0.15) is 33.4 Å². The lowest BCUT2D eigenvalue weighted by Crippen LogP contribution is -2.12. The molecular formula is C18H21NO. The van der Waals surface area contributed by atoms with Crippen molar-refractivity contribution in [3.63, 3.8) is 0 Å². The monoisotopic (exact) mass is 267 g/mol. The van der Waals surface area contributed by atoms with Gasteiger partial charge in [0.25, 0.3) is 0 Å². The van der Waals surface area contributed by atoms with Crippen molar-refractivity contribution >= 4 is 5.69 Å². The van der Waals surface area contributed by atoms with Crippen molar-refractivity contribution in [3.05, 3.63) is 57.6 Å². The molecule has 0 aromatic heterocycles. The van der Waals surface area contributed by atoms with Crippen LogP contribution in [0.2, 0.25) is 0 Å². The lowest BCUT2D eigenvalue weighted by molar-refractivity contribution is 0.304. The maximum Gasteiger partial charge on any atom is 0.143 e. The molecule has 0 fully saturated rings. The Kier molecular flexibility index (Phi) is 3.17. The van der Waals surface area contributed by atoms with Crippen LogP contribution in [0, 0.1) is 27.7 Å². The van der Waals surface area contributed by atoms with Gasteiger partial charge in [-0.1, -0.05) is 12.1 Å². The molecular weight excluding hydrogens is 246 g/mol. The summed E-state index contributed by atoms with van der Waals surface area (Å²) in [4.78, 5) is 0. The Morgan fingerprint density at radius 2 is 1.40 bits per heavy atom. The fourth-order valence-electron chi connectivity index (χ4n) is 2.63. The lowest BCUT2D eigenvalue weighted by atomic mass is 9.99. The standard InChI is InChI=1S/C18H21NO/c1-11-5-15-9-19-17-7-13(3)14(4)8-18(17)20-10-16(15)6-12(11)2/h5-8,19H,9-10H2,1-4H3. The third-order valence-corrected chi connectivity index (χ3v) is 4.26. The van der Waals surface area contributed by atoms with E-state index in [-0.39, 0.29) is 0 Å². The molecule has 0 aliphatic carbocycles. The molecule has 2 heteroatoms. The Morgan fingerprint density at radius 1 is 0.800 bits per heavy atom. The quantitative estimate of drug-likeness (QED) is 0.762. The van der Waals surface area contributed by atoms with Crippen molar-refractivity contribution in [2.45, 2.75) is 40.8 Å². The van der Waals surface area contributed by atoms with Gasteiger partial charge in [0.1, 0.15) is 12.4 Å². The van der Waals surface area contributed by atoms with Crippen LogP contribution in [0.15, 0.2) is 24.3 Å². The predicted molar refractivity (Wildman–Crippen MR) is 83.5 cm³/mol. The molecule has 1 aliphatic heterocycles. The number of benzene rings is 2. The van der Waals surface area contributed by atoms with Gasteiger partial charge in [0.05, 0.1) is 5.69 Å². The highest BCUT2D eigenvalue weighted by Gasteiger charge is 2.13. The summed E-state index contributed by atoms with van der Waals surface area (Å²) < 4.78 is 6.02. The van der Waals surface area contributed by atoms with Crippen LogP contribution in [0.4, 0.5) is 5.69 Å². The van der Waals surface area contributed by atoms with Gasteiger partial charge in [0.15, 0.2) is 0 Å². The van der Waals surface area contributed by atoms with E-state index < -0.39 is 0 Å². The normalized spacial score (nSPS) is 13.4. The van der Waals surface area contributed by atoms with Crippen LogP contribution >= 0.6 is 0 Å². The van der Waals surface area contributed by atoms with Gasteiger partial charge in [0, 0.05) is 6.54 Å². The predicted octanol–water partition coefficient (Wildman–Crippen LogP) is 4.42. The number of aryl methyl sites for hydroxylation is 4. The maximum atomic E-state index is 6.02. The molecule has 0 bridgehead atoms. The molecule has 2 aromatic rings. The maximum absolute atomic E-state index is 6.02. The first kappa shape index (κ1) is 13.0. The second-order valence-corrected chi connectivity index (χ2v) is 5.78. The molecule has 2 aromatic carbocycles. The lowest BCUT2D eigenvalue weighted by Gasteiger charge is -2.22. The van der Waals surface area contributed by atoms with E-state index in [4.69, 9.17) is 4.74 Å². The highest BCUT2D eigenvalue weighted by Crippen LogP contribution is 2.32. The Balaban J connectivity index is 2.00. The second-order valence-electron chi connectivity index (χ2n) is 5.78. The molecule has 0 unspecified atom stereocenters. The number of ether oxygens (including phenoxy) is 1. The minimum Gasteiger partial charge on any atom is -0.487 e. The molecule has 0 saturated carbocycles. The molecule has 1 heterocycles. The second kappa shape index (κ2) is 4.86. The molecule has 20 heavy (non-hydrogen) atoms. The molecule has 0 spiro atoms. The molecule has 2 nitrogen and oxygen atoms in total. The first-order valence-corrected chi connectivity index (χ1v) is 7.11. The van der Waals surface area contributed by atoms with Crippen molar-refractivity contribution in [2.75, 3.05) is 5.32 Å². The van der Waals surface area contributed by atoms with Gasteiger partial charge in [-0.3, -0.25) is 0 Å². The minimum absolute atomic E-state index is 0.646. The largest absolute Gasteiger partial charge is 0.487 e. The average molecular weight is 267 g/mol. The zero-order chi connectivity index (χ0) is 14.3. The third kappa shape index (κ3) is 2.26. The van der Waals surface area contributed by atoms with Gasteiger partial charge in [-0.05, 0) is 73.2 Å². The van der Waals surface area contributed by atoms with E-state index in [1.165, 1.54) is 33.4 Å². The fourth-order valence-corrected chi connectivity index (χ4v) is 2.63. The smallest absolute Gasteiger partial charge is 0.143 e. The molecule has 104 valence electrons. The zero-order valence-corrected chi connectivity index (χ0v) is 12.6. The molecule has 0 radical (unpaired) electrons. The van der Waals surface area contributed by atoms with Crippen LogP contribution in [-0.2, 0) is 13.2 Å². The first-order valence-electron chi connectivity index (χ1n) is 7.11. The van der Waals surface area contributed by atoms with Gasteiger partial charge in [0.2, 0.25) is 0 Å². The van der Waals surface area contributed by atoms with Gasteiger partial charge >= 0.3 is 0 Å². The molecule has 1 N–H and O–H groups in total.